The molecule has 1 rings (SSSR count). The summed E-state index contributed by atoms with van der Waals surface area (Å²) >= 11 is 0. The van der Waals surface area contributed by atoms with Crippen LogP contribution < -0.4 is 0 Å². The first kappa shape index (κ1) is 15.8. The van der Waals surface area contributed by atoms with Crippen molar-refractivity contribution in [1.82, 2.24) is 9.80 Å². The summed E-state index contributed by atoms with van der Waals surface area (Å²) in [7, 11) is 0. The fraction of sp³-hybridized carbons (Fsp3) is 0.857. The normalized spacial score (nSPS) is 23.2. The van der Waals surface area contributed by atoms with E-state index < -0.39 is 11.9 Å². The summed E-state index contributed by atoms with van der Waals surface area (Å²) in [6.45, 7) is 11.6. The number of rotatable bonds is 4. The van der Waals surface area contributed by atoms with Crippen molar-refractivity contribution in [2.24, 2.45) is 17.8 Å². The molecule has 2 amide bonds. The molecule has 0 saturated carbocycles. The van der Waals surface area contributed by atoms with Gasteiger partial charge in [0.1, 0.15) is 0 Å². The number of aliphatic carboxylic acids is 1. The molecule has 1 fully saturated rings. The van der Waals surface area contributed by atoms with Crippen molar-refractivity contribution in [1.29, 1.82) is 0 Å². The monoisotopic (exact) mass is 270 g/mol. The van der Waals surface area contributed by atoms with Gasteiger partial charge in [-0.25, -0.2) is 4.79 Å². The number of carboxylic acid groups (broad SMARTS) is 1. The maximum absolute atomic E-state index is 12.5. The van der Waals surface area contributed by atoms with Crippen LogP contribution in [0.2, 0.25) is 0 Å². The lowest BCUT2D eigenvalue weighted by Crippen LogP contribution is -2.47. The summed E-state index contributed by atoms with van der Waals surface area (Å²) in [6, 6.07) is 0.105. The van der Waals surface area contributed by atoms with Crippen LogP contribution in [0.1, 0.15) is 34.6 Å². The molecule has 110 valence electrons. The molecule has 0 aromatic carbocycles. The summed E-state index contributed by atoms with van der Waals surface area (Å²) in [6.07, 6.45) is 0. The van der Waals surface area contributed by atoms with E-state index in [2.05, 4.69) is 13.8 Å². The standard InChI is InChI=1S/C14H26N2O3/c1-9(2)6-16(10(3)4)14(19)15-7-11(5)12(8-15)13(17)18/h9-12H,6-8H2,1-5H3,(H,17,18)/t11-,12-/m1/s1. The third-order valence-electron chi connectivity index (χ3n) is 3.63. The Hall–Kier alpha value is -1.26. The fourth-order valence-electron chi connectivity index (χ4n) is 2.53. The molecule has 0 spiro atoms. The van der Waals surface area contributed by atoms with Gasteiger partial charge in [-0.1, -0.05) is 20.8 Å². The summed E-state index contributed by atoms with van der Waals surface area (Å²) in [5.41, 5.74) is 0. The van der Waals surface area contributed by atoms with Gasteiger partial charge in [-0.3, -0.25) is 4.79 Å². The average Bonchev–Trinajstić information content (AvgIpc) is 2.66. The van der Waals surface area contributed by atoms with Gasteiger partial charge in [-0.2, -0.15) is 0 Å². The molecule has 0 unspecified atom stereocenters. The van der Waals surface area contributed by atoms with Crippen LogP contribution >= 0.6 is 0 Å². The number of hydrogen-bond donors (Lipinski definition) is 1. The number of amides is 2. The highest BCUT2D eigenvalue weighted by Gasteiger charge is 2.38. The number of carbonyl (C=O) groups is 2. The fourth-order valence-corrected chi connectivity index (χ4v) is 2.53. The van der Waals surface area contributed by atoms with Gasteiger partial charge in [-0.15, -0.1) is 0 Å². The Balaban J connectivity index is 2.74. The van der Waals surface area contributed by atoms with Crippen molar-refractivity contribution in [2.45, 2.75) is 40.7 Å². The Bertz CT molecular complexity index is 342. The first-order chi connectivity index (χ1) is 8.73. The molecule has 1 saturated heterocycles. The number of carboxylic acids is 1. The third kappa shape index (κ3) is 3.85. The molecule has 0 aromatic heterocycles. The molecule has 1 aliphatic rings. The molecule has 19 heavy (non-hydrogen) atoms. The Morgan fingerprint density at radius 1 is 1.26 bits per heavy atom. The minimum Gasteiger partial charge on any atom is -0.481 e. The van der Waals surface area contributed by atoms with Gasteiger partial charge in [0, 0.05) is 25.7 Å². The van der Waals surface area contributed by atoms with Crippen LogP contribution in [-0.2, 0) is 4.79 Å². The second kappa shape index (κ2) is 6.26. The minimum atomic E-state index is -0.803. The van der Waals surface area contributed by atoms with E-state index in [1.807, 2.05) is 25.7 Å². The molecule has 5 heteroatoms. The van der Waals surface area contributed by atoms with E-state index in [1.54, 1.807) is 4.90 Å². The Morgan fingerprint density at radius 3 is 2.21 bits per heavy atom. The van der Waals surface area contributed by atoms with Crippen LogP contribution in [0.3, 0.4) is 0 Å². The molecule has 1 aliphatic heterocycles. The molecular formula is C14H26N2O3. The van der Waals surface area contributed by atoms with Gasteiger partial charge >= 0.3 is 12.0 Å². The third-order valence-corrected chi connectivity index (χ3v) is 3.63. The van der Waals surface area contributed by atoms with Gasteiger partial charge in [0.25, 0.3) is 0 Å². The highest BCUT2D eigenvalue weighted by molar-refractivity contribution is 5.78. The molecular weight excluding hydrogens is 244 g/mol. The minimum absolute atomic E-state index is 0.0227. The van der Waals surface area contributed by atoms with E-state index in [0.717, 1.165) is 0 Å². The van der Waals surface area contributed by atoms with Crippen LogP contribution in [0.5, 0.6) is 0 Å². The summed E-state index contributed by atoms with van der Waals surface area (Å²) in [4.78, 5) is 27.1. The number of carbonyl (C=O) groups excluding carboxylic acids is 1. The second-order valence-corrected chi connectivity index (χ2v) is 6.25. The van der Waals surface area contributed by atoms with Crippen molar-refractivity contribution >= 4 is 12.0 Å². The van der Waals surface area contributed by atoms with Crippen LogP contribution in [0, 0.1) is 17.8 Å². The number of urea groups is 1. The predicted molar refractivity (Wildman–Crippen MR) is 73.9 cm³/mol. The number of hydrogen-bond acceptors (Lipinski definition) is 2. The van der Waals surface area contributed by atoms with Crippen molar-refractivity contribution in [3.63, 3.8) is 0 Å². The quantitative estimate of drug-likeness (QED) is 0.851. The average molecular weight is 270 g/mol. The zero-order valence-electron chi connectivity index (χ0n) is 12.6. The van der Waals surface area contributed by atoms with E-state index >= 15 is 0 Å². The number of nitrogens with zero attached hydrogens (tertiary/aromatic N) is 2. The van der Waals surface area contributed by atoms with Gasteiger partial charge in [0.15, 0.2) is 0 Å². The van der Waals surface area contributed by atoms with Crippen molar-refractivity contribution in [3.05, 3.63) is 0 Å². The Morgan fingerprint density at radius 2 is 1.84 bits per heavy atom. The summed E-state index contributed by atoms with van der Waals surface area (Å²) in [5, 5.41) is 9.12. The molecule has 2 atom stereocenters. The molecule has 0 aliphatic carbocycles. The van der Waals surface area contributed by atoms with Crippen LogP contribution in [0.25, 0.3) is 0 Å². The smallest absolute Gasteiger partial charge is 0.320 e. The lowest BCUT2D eigenvalue weighted by atomic mass is 9.99. The molecule has 0 radical (unpaired) electrons. The Kier molecular flexibility index (Phi) is 5.20. The van der Waals surface area contributed by atoms with Crippen LogP contribution in [0.15, 0.2) is 0 Å². The first-order valence-corrected chi connectivity index (χ1v) is 7.02. The molecule has 5 nitrogen and oxygen atoms in total. The highest BCUT2D eigenvalue weighted by atomic mass is 16.4. The van der Waals surface area contributed by atoms with Crippen molar-refractivity contribution < 1.29 is 14.7 Å². The lowest BCUT2D eigenvalue weighted by Gasteiger charge is -2.32. The maximum atomic E-state index is 12.5. The first-order valence-electron chi connectivity index (χ1n) is 7.02. The van der Waals surface area contributed by atoms with E-state index in [4.69, 9.17) is 5.11 Å². The second-order valence-electron chi connectivity index (χ2n) is 6.25. The Labute approximate surface area is 115 Å². The van der Waals surface area contributed by atoms with E-state index in [0.29, 0.717) is 25.6 Å². The van der Waals surface area contributed by atoms with Crippen molar-refractivity contribution in [2.75, 3.05) is 19.6 Å². The molecule has 1 heterocycles. The highest BCUT2D eigenvalue weighted by Crippen LogP contribution is 2.24. The number of likely N-dealkylation sites (tertiary alicyclic amines) is 1. The lowest BCUT2D eigenvalue weighted by molar-refractivity contribution is -0.142. The predicted octanol–water partition coefficient (Wildman–Crippen LogP) is 2.13. The van der Waals surface area contributed by atoms with E-state index in [9.17, 15) is 9.59 Å². The zero-order valence-corrected chi connectivity index (χ0v) is 12.6. The largest absolute Gasteiger partial charge is 0.481 e. The molecule has 0 bridgehead atoms. The van der Waals surface area contributed by atoms with Gasteiger partial charge in [0.05, 0.1) is 5.92 Å². The van der Waals surface area contributed by atoms with E-state index in [1.165, 1.54) is 0 Å². The van der Waals surface area contributed by atoms with Crippen LogP contribution in [0.4, 0.5) is 4.79 Å². The summed E-state index contributed by atoms with van der Waals surface area (Å²) in [5.74, 6) is -0.809. The molecule has 0 aromatic rings. The van der Waals surface area contributed by atoms with Gasteiger partial charge in [-0.05, 0) is 25.7 Å². The van der Waals surface area contributed by atoms with Gasteiger partial charge in [0.2, 0.25) is 0 Å². The van der Waals surface area contributed by atoms with Gasteiger partial charge < -0.3 is 14.9 Å². The SMILES string of the molecule is CC(C)CN(C(=O)N1C[C@@H](C)[C@H](C(=O)O)C1)C(C)C. The topological polar surface area (TPSA) is 60.9 Å². The van der Waals surface area contributed by atoms with Crippen LogP contribution in [-0.4, -0.2) is 52.6 Å². The maximum Gasteiger partial charge on any atom is 0.320 e. The van der Waals surface area contributed by atoms with Crippen molar-refractivity contribution in [3.8, 4) is 0 Å². The summed E-state index contributed by atoms with van der Waals surface area (Å²) < 4.78 is 0. The molecule has 1 N–H and O–H groups in total. The zero-order chi connectivity index (χ0) is 14.7. The van der Waals surface area contributed by atoms with E-state index in [-0.39, 0.29) is 18.0 Å².